The lowest BCUT2D eigenvalue weighted by molar-refractivity contribution is 0.306. The van der Waals surface area contributed by atoms with Gasteiger partial charge in [0.1, 0.15) is 5.39 Å². The number of hydrogen-bond acceptors (Lipinski definition) is 6. The van der Waals surface area contributed by atoms with Crippen molar-refractivity contribution in [1.29, 1.82) is 0 Å². The van der Waals surface area contributed by atoms with Crippen molar-refractivity contribution in [2.24, 2.45) is 0 Å². The van der Waals surface area contributed by atoms with Gasteiger partial charge in [-0.1, -0.05) is 0 Å². The van der Waals surface area contributed by atoms with Crippen molar-refractivity contribution in [2.75, 3.05) is 28.4 Å². The minimum atomic E-state index is -0.252. The van der Waals surface area contributed by atoms with E-state index in [1.807, 2.05) is 0 Å². The van der Waals surface area contributed by atoms with Crippen molar-refractivity contribution in [3.63, 3.8) is 0 Å². The number of rotatable bonds is 4. The molecule has 0 radical (unpaired) electrons. The molecular weight excluding hydrogens is 252 g/mol. The topological polar surface area (TPSA) is 67.1 Å². The van der Waals surface area contributed by atoms with Gasteiger partial charge in [0, 0.05) is 6.07 Å². The third-order valence-electron chi connectivity index (χ3n) is 2.75. The van der Waals surface area contributed by atoms with Crippen molar-refractivity contribution in [3.05, 3.63) is 22.6 Å². The van der Waals surface area contributed by atoms with Crippen LogP contribution < -0.4 is 24.4 Å². The summed E-state index contributed by atoms with van der Waals surface area (Å²) in [7, 11) is 5.81. The largest absolute Gasteiger partial charge is 0.492 e. The first-order chi connectivity index (χ1) is 9.19. The summed E-state index contributed by atoms with van der Waals surface area (Å²) in [6.45, 7) is 0. The maximum absolute atomic E-state index is 12.0. The van der Waals surface area contributed by atoms with Gasteiger partial charge in [-0.2, -0.15) is 0 Å². The normalized spacial score (nSPS) is 10.3. The van der Waals surface area contributed by atoms with Gasteiger partial charge in [0.05, 0.1) is 34.7 Å². The minimum absolute atomic E-state index is 0.250. The lowest BCUT2D eigenvalue weighted by Crippen LogP contribution is -2.05. The van der Waals surface area contributed by atoms with E-state index in [0.29, 0.717) is 5.75 Å². The van der Waals surface area contributed by atoms with Crippen LogP contribution in [0.15, 0.2) is 21.5 Å². The smallest absolute Gasteiger partial charge is 0.211 e. The summed E-state index contributed by atoms with van der Waals surface area (Å²) in [4.78, 5) is 12.0. The van der Waals surface area contributed by atoms with Gasteiger partial charge in [-0.15, -0.1) is 0 Å². The number of fused-ring (bicyclic) bond motifs is 1. The van der Waals surface area contributed by atoms with Gasteiger partial charge in [0.25, 0.3) is 0 Å². The molecule has 1 heterocycles. The Morgan fingerprint density at radius 1 is 0.842 bits per heavy atom. The lowest BCUT2D eigenvalue weighted by atomic mass is 10.1. The fraction of sp³-hybridized carbons (Fsp3) is 0.308. The van der Waals surface area contributed by atoms with E-state index in [2.05, 4.69) is 0 Å². The first-order valence-electron chi connectivity index (χ1n) is 5.47. The zero-order chi connectivity index (χ0) is 14.0. The molecule has 6 heteroatoms. The minimum Gasteiger partial charge on any atom is -0.492 e. The Morgan fingerprint density at radius 3 is 1.89 bits per heavy atom. The molecule has 0 saturated heterocycles. The zero-order valence-electron chi connectivity index (χ0n) is 11.1. The predicted molar refractivity (Wildman–Crippen MR) is 68.7 cm³/mol. The summed E-state index contributed by atoms with van der Waals surface area (Å²) in [6, 6.07) is 1.30. The second-order valence-electron chi connectivity index (χ2n) is 3.62. The molecule has 0 N–H and O–H groups in total. The molecule has 6 nitrogen and oxygen atoms in total. The highest BCUT2D eigenvalue weighted by Gasteiger charge is 2.25. The van der Waals surface area contributed by atoms with E-state index >= 15 is 0 Å². The van der Waals surface area contributed by atoms with Gasteiger partial charge >= 0.3 is 0 Å². The third kappa shape index (κ3) is 1.85. The molecule has 2 aromatic rings. The van der Waals surface area contributed by atoms with Gasteiger partial charge in [-0.3, -0.25) is 4.79 Å². The monoisotopic (exact) mass is 266 g/mol. The Labute approximate surface area is 109 Å². The summed E-state index contributed by atoms with van der Waals surface area (Å²) in [5, 5.41) is 0.250. The highest BCUT2D eigenvalue weighted by molar-refractivity contribution is 5.94. The van der Waals surface area contributed by atoms with Crippen molar-refractivity contribution < 1.29 is 23.4 Å². The van der Waals surface area contributed by atoms with Crippen molar-refractivity contribution in [3.8, 4) is 23.0 Å². The molecule has 0 unspecified atom stereocenters. The molecule has 19 heavy (non-hydrogen) atoms. The zero-order valence-corrected chi connectivity index (χ0v) is 11.1. The third-order valence-corrected chi connectivity index (χ3v) is 2.75. The van der Waals surface area contributed by atoms with Crippen LogP contribution in [0.25, 0.3) is 11.0 Å². The highest BCUT2D eigenvalue weighted by Crippen LogP contribution is 2.49. The van der Waals surface area contributed by atoms with Crippen molar-refractivity contribution >= 4 is 11.0 Å². The average Bonchev–Trinajstić information content (AvgIpc) is 2.44. The van der Waals surface area contributed by atoms with E-state index < -0.39 is 0 Å². The van der Waals surface area contributed by atoms with Crippen LogP contribution in [0.3, 0.4) is 0 Å². The predicted octanol–water partition coefficient (Wildman–Crippen LogP) is 1.83. The summed E-state index contributed by atoms with van der Waals surface area (Å²) in [6.07, 6.45) is 1.29. The van der Waals surface area contributed by atoms with E-state index in [-0.39, 0.29) is 33.6 Å². The second kappa shape index (κ2) is 5.09. The molecule has 1 aromatic carbocycles. The maximum Gasteiger partial charge on any atom is 0.211 e. The Hall–Kier alpha value is -2.37. The van der Waals surface area contributed by atoms with Crippen LogP contribution in [0.1, 0.15) is 0 Å². The Balaban J connectivity index is 3.06. The molecule has 0 bridgehead atoms. The fourth-order valence-electron chi connectivity index (χ4n) is 1.97. The molecule has 0 aliphatic carbocycles. The molecular formula is C13H14O6. The van der Waals surface area contributed by atoms with E-state index in [1.165, 1.54) is 40.8 Å². The number of hydrogen-bond donors (Lipinski definition) is 0. The summed E-state index contributed by atoms with van der Waals surface area (Å²) >= 11 is 0. The number of benzene rings is 1. The van der Waals surface area contributed by atoms with Crippen molar-refractivity contribution in [1.82, 2.24) is 0 Å². The van der Waals surface area contributed by atoms with Gasteiger partial charge in [-0.25, -0.2) is 0 Å². The van der Waals surface area contributed by atoms with E-state index in [0.717, 1.165) is 0 Å². The molecule has 1 aromatic heterocycles. The molecule has 0 spiro atoms. The van der Waals surface area contributed by atoms with Crippen molar-refractivity contribution in [2.45, 2.75) is 0 Å². The lowest BCUT2D eigenvalue weighted by Gasteiger charge is -2.16. The first-order valence-corrected chi connectivity index (χ1v) is 5.47. The molecule has 0 atom stereocenters. The molecule has 2 rings (SSSR count). The van der Waals surface area contributed by atoms with Crippen LogP contribution in [0.2, 0.25) is 0 Å². The molecule has 102 valence electrons. The maximum atomic E-state index is 12.0. The van der Waals surface area contributed by atoms with E-state index in [9.17, 15) is 4.79 Å². The molecule has 0 amide bonds. The van der Waals surface area contributed by atoms with E-state index in [1.54, 1.807) is 0 Å². The first kappa shape index (κ1) is 13.1. The standard InChI is InChI=1S/C13H14O6/c1-15-9-8-7(14)5-6-19-10(8)12(17-3)13(18-4)11(9)16-2/h5-6H,1-4H3. The second-order valence-corrected chi connectivity index (χ2v) is 3.62. The van der Waals surface area contributed by atoms with Crippen LogP contribution >= 0.6 is 0 Å². The van der Waals surface area contributed by atoms with Crippen LogP contribution in [-0.2, 0) is 0 Å². The molecule has 0 fully saturated rings. The van der Waals surface area contributed by atoms with E-state index in [4.69, 9.17) is 23.4 Å². The van der Waals surface area contributed by atoms with Crippen LogP contribution in [0, 0.1) is 0 Å². The molecule has 0 aliphatic rings. The number of methoxy groups -OCH3 is 4. The molecule has 0 aliphatic heterocycles. The fourth-order valence-corrected chi connectivity index (χ4v) is 1.97. The number of ether oxygens (including phenoxy) is 4. The van der Waals surface area contributed by atoms with Crippen LogP contribution in [0.4, 0.5) is 0 Å². The Morgan fingerprint density at radius 2 is 1.37 bits per heavy atom. The highest BCUT2D eigenvalue weighted by atomic mass is 16.5. The quantitative estimate of drug-likeness (QED) is 0.841. The van der Waals surface area contributed by atoms with Gasteiger partial charge in [0.2, 0.25) is 17.2 Å². The Bertz CT molecular complexity index is 658. The van der Waals surface area contributed by atoms with Gasteiger partial charge < -0.3 is 23.4 Å². The van der Waals surface area contributed by atoms with Gasteiger partial charge in [-0.05, 0) is 0 Å². The summed E-state index contributed by atoms with van der Waals surface area (Å²) in [5.74, 6) is 1.13. The van der Waals surface area contributed by atoms with Gasteiger partial charge in [0.15, 0.2) is 16.8 Å². The Kier molecular flexibility index (Phi) is 3.50. The summed E-state index contributed by atoms with van der Waals surface area (Å²) in [5.41, 5.74) is 0.00172. The average molecular weight is 266 g/mol. The van der Waals surface area contributed by atoms with Crippen LogP contribution in [0.5, 0.6) is 23.0 Å². The van der Waals surface area contributed by atoms with Crippen LogP contribution in [-0.4, -0.2) is 28.4 Å². The summed E-state index contributed by atoms with van der Waals surface area (Å²) < 4.78 is 26.4. The SMILES string of the molecule is COc1c(OC)c(OC)c2c(=O)ccoc2c1OC. The molecule has 0 saturated carbocycles.